The number of nitrogens with one attached hydrogen (secondary N) is 2. The summed E-state index contributed by atoms with van der Waals surface area (Å²) in [4.78, 5) is 22.6. The highest BCUT2D eigenvalue weighted by Crippen LogP contribution is 2.25. The molecule has 0 fully saturated rings. The predicted octanol–water partition coefficient (Wildman–Crippen LogP) is 2.27. The van der Waals surface area contributed by atoms with Gasteiger partial charge in [-0.2, -0.15) is 0 Å². The summed E-state index contributed by atoms with van der Waals surface area (Å²) in [6.07, 6.45) is 0.984. The third-order valence-corrected chi connectivity index (χ3v) is 4.71. The molecule has 3 rings (SSSR count). The predicted molar refractivity (Wildman–Crippen MR) is 84.2 cm³/mol. The number of amides is 1. The molecule has 0 bridgehead atoms. The molecular weight excluding hydrogens is 302 g/mol. The molecule has 0 saturated heterocycles. The zero-order valence-electron chi connectivity index (χ0n) is 11.7. The van der Waals surface area contributed by atoms with E-state index in [1.54, 1.807) is 0 Å². The minimum absolute atomic E-state index is 0.0220. The van der Waals surface area contributed by atoms with Crippen LogP contribution in [-0.2, 0) is 6.42 Å². The molecule has 7 heteroatoms. The van der Waals surface area contributed by atoms with E-state index in [1.807, 2.05) is 12.1 Å². The lowest BCUT2D eigenvalue weighted by molar-refractivity contribution is -0.380. The molecule has 114 valence electrons. The molecule has 0 radical (unpaired) electrons. The van der Waals surface area contributed by atoms with Crippen molar-refractivity contribution in [1.29, 1.82) is 0 Å². The molecule has 1 atom stereocenters. The van der Waals surface area contributed by atoms with Crippen LogP contribution in [0.2, 0.25) is 0 Å². The van der Waals surface area contributed by atoms with E-state index in [4.69, 9.17) is 0 Å². The van der Waals surface area contributed by atoms with Gasteiger partial charge in [0.1, 0.15) is 0 Å². The number of carbonyl (C=O) groups excluding carboxylic acids is 1. The van der Waals surface area contributed by atoms with E-state index in [-0.39, 0.29) is 17.0 Å². The first kappa shape index (κ1) is 14.7. The second-order valence-electron chi connectivity index (χ2n) is 5.06. The summed E-state index contributed by atoms with van der Waals surface area (Å²) in [6, 6.07) is 11.1. The van der Waals surface area contributed by atoms with Crippen molar-refractivity contribution in [3.05, 3.63) is 62.5 Å². The molecule has 0 saturated carbocycles. The van der Waals surface area contributed by atoms with Crippen molar-refractivity contribution < 1.29 is 9.72 Å². The molecule has 0 aliphatic carbocycles. The average molecular weight is 317 g/mol. The van der Waals surface area contributed by atoms with Crippen molar-refractivity contribution in [3.8, 4) is 0 Å². The molecule has 1 aromatic heterocycles. The minimum atomic E-state index is -0.486. The van der Waals surface area contributed by atoms with E-state index in [1.165, 1.54) is 23.3 Å². The van der Waals surface area contributed by atoms with Crippen molar-refractivity contribution in [2.75, 3.05) is 13.1 Å². The van der Waals surface area contributed by atoms with Gasteiger partial charge >= 0.3 is 5.00 Å². The number of rotatable bonds is 4. The Labute approximate surface area is 131 Å². The van der Waals surface area contributed by atoms with Gasteiger partial charge in [0.15, 0.2) is 0 Å². The van der Waals surface area contributed by atoms with Crippen LogP contribution in [-0.4, -0.2) is 23.9 Å². The van der Waals surface area contributed by atoms with Crippen molar-refractivity contribution in [1.82, 2.24) is 10.6 Å². The zero-order valence-corrected chi connectivity index (χ0v) is 12.6. The van der Waals surface area contributed by atoms with Gasteiger partial charge in [0.05, 0.1) is 9.80 Å². The Morgan fingerprint density at radius 3 is 2.95 bits per heavy atom. The van der Waals surface area contributed by atoms with Crippen LogP contribution < -0.4 is 10.6 Å². The van der Waals surface area contributed by atoms with Crippen LogP contribution in [0.1, 0.15) is 26.8 Å². The van der Waals surface area contributed by atoms with E-state index >= 15 is 0 Å². The van der Waals surface area contributed by atoms with Crippen molar-refractivity contribution in [3.63, 3.8) is 0 Å². The number of hydrogen-bond donors (Lipinski definition) is 2. The molecule has 22 heavy (non-hydrogen) atoms. The van der Waals surface area contributed by atoms with E-state index in [0.717, 1.165) is 24.3 Å². The lowest BCUT2D eigenvalue weighted by Crippen LogP contribution is -2.38. The molecular formula is C15H15N3O3S. The average Bonchev–Trinajstić information content (AvgIpc) is 3.03. The van der Waals surface area contributed by atoms with Crippen LogP contribution in [0.15, 0.2) is 36.4 Å². The van der Waals surface area contributed by atoms with Gasteiger partial charge in [-0.05, 0) is 30.2 Å². The summed E-state index contributed by atoms with van der Waals surface area (Å²) in [7, 11) is 0. The van der Waals surface area contributed by atoms with Crippen LogP contribution in [0.3, 0.4) is 0 Å². The Bertz CT molecular complexity index is 714. The smallest absolute Gasteiger partial charge is 0.324 e. The first-order chi connectivity index (χ1) is 10.6. The lowest BCUT2D eigenvalue weighted by atomic mass is 9.94. The molecule has 1 amide bonds. The third kappa shape index (κ3) is 3.00. The van der Waals surface area contributed by atoms with Gasteiger partial charge in [0.2, 0.25) is 0 Å². The molecule has 1 unspecified atom stereocenters. The Kier molecular flexibility index (Phi) is 4.17. The third-order valence-electron chi connectivity index (χ3n) is 3.68. The van der Waals surface area contributed by atoms with Gasteiger partial charge in [-0.1, -0.05) is 35.6 Å². The molecule has 6 nitrogen and oxygen atoms in total. The lowest BCUT2D eigenvalue weighted by Gasteiger charge is -2.27. The molecule has 2 aromatic rings. The highest BCUT2D eigenvalue weighted by Gasteiger charge is 2.21. The second-order valence-corrected chi connectivity index (χ2v) is 6.12. The summed E-state index contributed by atoms with van der Waals surface area (Å²) in [5.74, 6) is -0.275. The van der Waals surface area contributed by atoms with E-state index in [0.29, 0.717) is 11.4 Å². The summed E-state index contributed by atoms with van der Waals surface area (Å²) < 4.78 is 0. The zero-order chi connectivity index (χ0) is 15.5. The first-order valence-corrected chi connectivity index (χ1v) is 7.80. The van der Waals surface area contributed by atoms with Gasteiger partial charge in [-0.25, -0.2) is 0 Å². The number of nitrogens with zero attached hydrogens (tertiary/aromatic N) is 1. The molecule has 2 heterocycles. The Balaban J connectivity index is 1.65. The topological polar surface area (TPSA) is 84.3 Å². The van der Waals surface area contributed by atoms with Gasteiger partial charge in [0.25, 0.3) is 5.91 Å². The van der Waals surface area contributed by atoms with Crippen LogP contribution in [0.25, 0.3) is 0 Å². The molecule has 0 spiro atoms. The van der Waals surface area contributed by atoms with Crippen LogP contribution in [0.5, 0.6) is 0 Å². The van der Waals surface area contributed by atoms with Crippen molar-refractivity contribution in [2.45, 2.75) is 12.5 Å². The summed E-state index contributed by atoms with van der Waals surface area (Å²) in [6.45, 7) is 1.34. The summed E-state index contributed by atoms with van der Waals surface area (Å²) in [5.41, 5.74) is 2.50. The number of benzene rings is 1. The fraction of sp³-hybridized carbons (Fsp3) is 0.267. The number of fused-ring (bicyclic) bond motifs is 1. The highest BCUT2D eigenvalue weighted by molar-refractivity contribution is 7.17. The quantitative estimate of drug-likeness (QED) is 0.669. The molecule has 1 aliphatic rings. The number of hydrogen-bond acceptors (Lipinski definition) is 5. The molecule has 1 aliphatic heterocycles. The standard InChI is InChI=1S/C15H15N3O3S/c19-15(13-5-6-14(22-13)18(20)21)17-9-12-11-4-2-1-3-10(11)7-8-16-12/h1-6,12,16H,7-9H2,(H,17,19). The normalized spacial score (nSPS) is 16.8. The van der Waals surface area contributed by atoms with E-state index < -0.39 is 4.92 Å². The minimum Gasteiger partial charge on any atom is -0.349 e. The fourth-order valence-electron chi connectivity index (χ4n) is 2.60. The first-order valence-electron chi connectivity index (χ1n) is 6.99. The summed E-state index contributed by atoms with van der Waals surface area (Å²) in [5, 5.41) is 16.9. The van der Waals surface area contributed by atoms with Crippen LogP contribution >= 0.6 is 11.3 Å². The maximum absolute atomic E-state index is 12.1. The Hall–Kier alpha value is -2.25. The van der Waals surface area contributed by atoms with Gasteiger partial charge in [0, 0.05) is 18.7 Å². The SMILES string of the molecule is O=C(NCC1NCCc2ccccc21)c1ccc([N+](=O)[O-])s1. The van der Waals surface area contributed by atoms with E-state index in [2.05, 4.69) is 22.8 Å². The van der Waals surface area contributed by atoms with Gasteiger partial charge in [-0.15, -0.1) is 0 Å². The number of thiophene rings is 1. The Morgan fingerprint density at radius 2 is 2.18 bits per heavy atom. The largest absolute Gasteiger partial charge is 0.349 e. The van der Waals surface area contributed by atoms with Gasteiger partial charge < -0.3 is 10.6 Å². The van der Waals surface area contributed by atoms with Gasteiger partial charge in [-0.3, -0.25) is 14.9 Å². The second kappa shape index (κ2) is 6.25. The summed E-state index contributed by atoms with van der Waals surface area (Å²) >= 11 is 0.890. The monoisotopic (exact) mass is 317 g/mol. The number of nitro groups is 1. The van der Waals surface area contributed by atoms with Crippen LogP contribution in [0, 0.1) is 10.1 Å². The van der Waals surface area contributed by atoms with Crippen molar-refractivity contribution in [2.24, 2.45) is 0 Å². The molecule has 2 N–H and O–H groups in total. The van der Waals surface area contributed by atoms with Crippen LogP contribution in [0.4, 0.5) is 5.00 Å². The Morgan fingerprint density at radius 1 is 1.36 bits per heavy atom. The van der Waals surface area contributed by atoms with Crippen molar-refractivity contribution >= 4 is 22.2 Å². The maximum atomic E-state index is 12.1. The van der Waals surface area contributed by atoms with E-state index in [9.17, 15) is 14.9 Å². The maximum Gasteiger partial charge on any atom is 0.324 e. The molecule has 1 aromatic carbocycles. The highest BCUT2D eigenvalue weighted by atomic mass is 32.1. The number of carbonyl (C=O) groups is 1. The fourth-order valence-corrected chi connectivity index (χ4v) is 3.34.